The van der Waals surface area contributed by atoms with Crippen LogP contribution in [0.25, 0.3) is 45.7 Å². The van der Waals surface area contributed by atoms with Crippen molar-refractivity contribution >= 4 is 64.1 Å². The lowest BCUT2D eigenvalue weighted by Gasteiger charge is -2.15. The summed E-state index contributed by atoms with van der Waals surface area (Å²) in [5.74, 6) is -7.89. The lowest BCUT2D eigenvalue weighted by atomic mass is 10.1. The number of carbonyl (C=O) groups excluding carboxylic acids is 3. The lowest BCUT2D eigenvalue weighted by molar-refractivity contribution is -0.788. The third kappa shape index (κ3) is 19.3. The Kier molecular flexibility index (Phi) is 24.5. The molecular weight excluding hydrogens is 1650 g/mol. The first-order valence-electron chi connectivity index (χ1n) is 31.3. The van der Waals surface area contributed by atoms with E-state index in [-0.39, 0.29) is 61.0 Å². The van der Waals surface area contributed by atoms with Crippen molar-refractivity contribution in [3.05, 3.63) is 231 Å². The van der Waals surface area contributed by atoms with E-state index in [1.54, 1.807) is 0 Å². The third-order valence-corrected chi connectivity index (χ3v) is 16.4. The fraction of sp³-hybridized carbons (Fsp3) is 0.226. The van der Waals surface area contributed by atoms with E-state index in [9.17, 15) is 110 Å². The summed E-state index contributed by atoms with van der Waals surface area (Å²) in [5, 5.41) is 57.6. The van der Waals surface area contributed by atoms with Gasteiger partial charge in [-0.3, -0.25) is 28.1 Å². The molecular formula is C62H46Cl4F15N24O9+. The van der Waals surface area contributed by atoms with Gasteiger partial charge in [-0.15, -0.1) is 25.5 Å². The number of para-hydroxylation sites is 1. The molecule has 600 valence electrons. The number of amides is 3. The Bertz CT molecular complexity index is 5500. The van der Waals surface area contributed by atoms with Gasteiger partial charge in [0, 0.05) is 48.8 Å². The summed E-state index contributed by atoms with van der Waals surface area (Å²) in [6, 6.07) is 25.7. The number of rotatable bonds is 21. The molecule has 0 unspecified atom stereocenters. The van der Waals surface area contributed by atoms with E-state index < -0.39 is 169 Å². The number of pyridine rings is 1. The Labute approximate surface area is 642 Å². The second-order valence-electron chi connectivity index (χ2n) is 23.3. The number of aliphatic hydroxyl groups is 3. The van der Waals surface area contributed by atoms with Crippen molar-refractivity contribution in [2.45, 2.75) is 88.5 Å². The molecule has 114 heavy (non-hydrogen) atoms. The van der Waals surface area contributed by atoms with Crippen molar-refractivity contribution in [2.75, 3.05) is 0 Å². The van der Waals surface area contributed by atoms with Crippen molar-refractivity contribution in [3.63, 3.8) is 0 Å². The number of hydrogen-bond donors (Lipinski definition) is 6. The zero-order valence-corrected chi connectivity index (χ0v) is 59.3. The molecule has 0 saturated heterocycles. The molecule has 3 atom stereocenters. The van der Waals surface area contributed by atoms with Crippen LogP contribution in [0.15, 0.2) is 148 Å². The number of carbonyl (C=O) groups is 3. The molecule has 33 nitrogen and oxygen atoms in total. The van der Waals surface area contributed by atoms with E-state index in [1.165, 1.54) is 97.2 Å². The van der Waals surface area contributed by atoms with Gasteiger partial charge in [-0.25, -0.2) is 48.1 Å². The zero-order valence-electron chi connectivity index (χ0n) is 56.3. The molecule has 4 aromatic carbocycles. The molecule has 8 aromatic heterocycles. The van der Waals surface area contributed by atoms with Crippen LogP contribution < -0.4 is 39.1 Å². The van der Waals surface area contributed by atoms with Gasteiger partial charge in [-0.1, -0.05) is 52.0 Å². The number of nitrogens with zero attached hydrogens (tertiary/aromatic N) is 21. The Morgan fingerprint density at radius 3 is 1.13 bits per heavy atom. The number of halogens is 19. The number of hydrogen-bond acceptors (Lipinski definition) is 20. The van der Waals surface area contributed by atoms with Crippen LogP contribution in [0.4, 0.5) is 65.9 Å². The normalized spacial score (nSPS) is 12.9. The van der Waals surface area contributed by atoms with Gasteiger partial charge >= 0.3 is 48.0 Å². The number of nitrogens with two attached hydrogens (primary N) is 3. The molecule has 0 aliphatic carbocycles. The van der Waals surface area contributed by atoms with Crippen molar-refractivity contribution in [3.8, 4) is 45.7 Å². The van der Waals surface area contributed by atoms with E-state index in [1.807, 2.05) is 0 Å². The molecule has 0 bridgehead atoms. The molecule has 12 rings (SSSR count). The van der Waals surface area contributed by atoms with Crippen LogP contribution in [0.1, 0.15) is 60.5 Å². The predicted molar refractivity (Wildman–Crippen MR) is 361 cm³/mol. The number of benzene rings is 4. The standard InChI is InChI=1S/C22H16ClF6N7O3.C21H15ClF6N8O3.C19H14Cl2F3N9O3/c23-12-7-5-11(6-8-12)18-33-35(20(39)34(18)9-15(37)22(27,28)29)10-16-31-19(17(30)38)36(32-16)14-4-2-1-3-13(14)21(24,25)26;22-11-5-3-10(4-6-11)16-33-35(19(39)34(16)8-13(37)21(26,27)28)9-14-31-18(15(29)38)36(32-14)17-12(20(23,24)25)2-1-7-30-17;20-11-5-3-10(4-6-11)16-29-31(18(36)30(16)8-12(34)19(22,23)24)9-14-27-17(15(25)35)33(28-14)32-13(21)2-1-7-26-32/h1-8,15,37H,9-10H2,(H2,30,38);1-7,13,37H,8-9H2,(H2,29,38);1-7,12,34H,8-9H2,(H-,25,35)/p+1/t15-;13-;12-/m000/s1. The number of aromatic nitrogens is 21. The number of alkyl halides is 15. The molecule has 0 radical (unpaired) electrons. The third-order valence-electron chi connectivity index (χ3n) is 15.3. The fourth-order valence-corrected chi connectivity index (χ4v) is 10.7. The highest BCUT2D eigenvalue weighted by atomic mass is 35.5. The van der Waals surface area contributed by atoms with E-state index >= 15 is 0 Å². The molecule has 3 amide bonds. The average molecular weight is 1700 g/mol. The Morgan fingerprint density at radius 2 is 0.763 bits per heavy atom. The number of aliphatic hydroxyl groups excluding tert-OH is 3. The van der Waals surface area contributed by atoms with Gasteiger partial charge in [0.05, 0.1) is 42.2 Å². The molecule has 8 heterocycles. The van der Waals surface area contributed by atoms with Crippen LogP contribution in [-0.2, 0) is 51.6 Å². The summed E-state index contributed by atoms with van der Waals surface area (Å²) >= 11 is 23.7. The van der Waals surface area contributed by atoms with Crippen LogP contribution in [0.2, 0.25) is 20.2 Å². The van der Waals surface area contributed by atoms with Gasteiger partial charge in [0.1, 0.15) is 25.2 Å². The summed E-state index contributed by atoms with van der Waals surface area (Å²) in [7, 11) is 0. The summed E-state index contributed by atoms with van der Waals surface area (Å²) < 4.78 is 203. The van der Waals surface area contributed by atoms with Crippen LogP contribution in [0.5, 0.6) is 0 Å². The predicted octanol–water partition coefficient (Wildman–Crippen LogP) is 6.14. The van der Waals surface area contributed by atoms with E-state index in [4.69, 9.17) is 63.6 Å². The molecule has 0 aliphatic heterocycles. The fourth-order valence-electron chi connectivity index (χ4n) is 10.1. The average Bonchev–Trinajstić information content (AvgIpc) is 1.60. The van der Waals surface area contributed by atoms with E-state index in [0.717, 1.165) is 44.7 Å². The topological polar surface area (TPSA) is 431 Å². The maximum Gasteiger partial charge on any atom is 0.420 e. The minimum Gasteiger partial charge on any atom is -0.382 e. The second kappa shape index (κ2) is 33.2. The Balaban J connectivity index is 0.000000181. The van der Waals surface area contributed by atoms with Gasteiger partial charge in [-0.2, -0.15) is 75.5 Å². The molecule has 12 aromatic rings. The zero-order chi connectivity index (χ0) is 83.6. The van der Waals surface area contributed by atoms with Gasteiger partial charge in [0.2, 0.25) is 16.8 Å². The number of primary amides is 3. The maximum absolute atomic E-state index is 13.6. The summed E-state index contributed by atoms with van der Waals surface area (Å²) in [6.07, 6.45) is -31.1. The van der Waals surface area contributed by atoms with Crippen LogP contribution in [-0.4, -0.2) is 167 Å². The first kappa shape index (κ1) is 84.2. The van der Waals surface area contributed by atoms with E-state index in [0.29, 0.717) is 43.5 Å². The minimum absolute atomic E-state index is 0.0454. The van der Waals surface area contributed by atoms with Gasteiger partial charge in [0.25, 0.3) is 29.4 Å². The maximum atomic E-state index is 13.6. The molecule has 9 N–H and O–H groups in total. The van der Waals surface area contributed by atoms with Crippen LogP contribution in [0.3, 0.4) is 0 Å². The minimum atomic E-state index is -5.06. The summed E-state index contributed by atoms with van der Waals surface area (Å²) in [5.41, 5.74) is 10.2. The lowest BCUT2D eigenvalue weighted by Crippen LogP contribution is -2.49. The molecule has 0 saturated carbocycles. The van der Waals surface area contributed by atoms with Gasteiger partial charge in [-0.05, 0) is 120 Å². The Morgan fingerprint density at radius 1 is 0.421 bits per heavy atom. The highest BCUT2D eigenvalue weighted by Gasteiger charge is 2.43. The quantitative estimate of drug-likeness (QED) is 0.0347. The molecule has 52 heteroatoms. The van der Waals surface area contributed by atoms with E-state index in [2.05, 4.69) is 55.6 Å². The Hall–Kier alpha value is -12.3. The van der Waals surface area contributed by atoms with Crippen LogP contribution in [0, 0.1) is 0 Å². The SMILES string of the molecule is NC(=O)c1nc(Cn2nc(-c3ccc(Cl)cc3)n(C[C@H](O)C(F)(F)F)c2=O)nn1-[n+]1ncccc1Cl.NC(=O)c1nc(Cn2nc(-c3ccc(Cl)cc3)n(C[C@H](O)C(F)(F)F)c2=O)nn1-c1ccccc1C(F)(F)F.NC(=O)c1nc(Cn2nc(-c3ccc(Cl)cc3)n(C[C@H](O)C(F)(F)F)c2=O)nn1-c1ncccc1C(F)(F)F. The van der Waals surface area contributed by atoms with Crippen molar-refractivity contribution in [1.29, 1.82) is 0 Å². The van der Waals surface area contributed by atoms with Crippen molar-refractivity contribution < 1.29 is 100 Å². The van der Waals surface area contributed by atoms with Crippen LogP contribution >= 0.6 is 46.4 Å². The first-order valence-corrected chi connectivity index (χ1v) is 32.8. The van der Waals surface area contributed by atoms with Crippen molar-refractivity contribution in [1.82, 2.24) is 97.5 Å². The smallest absolute Gasteiger partial charge is 0.382 e. The highest BCUT2D eigenvalue weighted by molar-refractivity contribution is 6.31. The summed E-state index contributed by atoms with van der Waals surface area (Å²) in [6.45, 7) is -5.39. The molecule has 0 spiro atoms. The highest BCUT2D eigenvalue weighted by Crippen LogP contribution is 2.36. The molecule has 0 fully saturated rings. The van der Waals surface area contributed by atoms with Gasteiger partial charge < -0.3 is 32.5 Å². The largest absolute Gasteiger partial charge is 0.420 e. The molecule has 0 aliphatic rings. The second-order valence-corrected chi connectivity index (χ2v) is 25.0. The van der Waals surface area contributed by atoms with Gasteiger partial charge in [0.15, 0.2) is 53.3 Å². The van der Waals surface area contributed by atoms with Crippen molar-refractivity contribution in [2.24, 2.45) is 17.2 Å². The first-order chi connectivity index (χ1) is 53.3. The monoisotopic (exact) mass is 1700 g/mol. The summed E-state index contributed by atoms with van der Waals surface area (Å²) in [4.78, 5) is 92.0.